The van der Waals surface area contributed by atoms with E-state index in [1.165, 1.54) is 0 Å². The lowest BCUT2D eigenvalue weighted by molar-refractivity contribution is 0.0754. The second-order valence-electron chi connectivity index (χ2n) is 4.89. The van der Waals surface area contributed by atoms with Gasteiger partial charge < -0.3 is 20.3 Å². The summed E-state index contributed by atoms with van der Waals surface area (Å²) in [4.78, 5) is 2.27. The average Bonchev–Trinajstić information content (AvgIpc) is 2.28. The fourth-order valence-corrected chi connectivity index (χ4v) is 1.84. The predicted molar refractivity (Wildman–Crippen MR) is 69.1 cm³/mol. The summed E-state index contributed by atoms with van der Waals surface area (Å²) < 4.78 is 10.2. The van der Waals surface area contributed by atoms with Crippen molar-refractivity contribution in [1.82, 2.24) is 4.90 Å². The molecule has 0 radical (unpaired) electrons. The van der Waals surface area contributed by atoms with E-state index in [9.17, 15) is 5.11 Å². The van der Waals surface area contributed by atoms with Crippen molar-refractivity contribution in [2.75, 3.05) is 47.1 Å². The molecule has 0 aliphatic rings. The number of ether oxygens (including phenoxy) is 2. The van der Waals surface area contributed by atoms with Crippen LogP contribution in [0.1, 0.15) is 20.3 Å². The van der Waals surface area contributed by atoms with Gasteiger partial charge in [0.25, 0.3) is 0 Å². The highest BCUT2D eigenvalue weighted by atomic mass is 16.5. The number of nitrogens with zero attached hydrogens (tertiary/aromatic N) is 1. The van der Waals surface area contributed by atoms with Gasteiger partial charge in [-0.3, -0.25) is 4.90 Å². The first kappa shape index (κ1) is 16.8. The Kier molecular flexibility index (Phi) is 8.72. The van der Waals surface area contributed by atoms with Crippen LogP contribution in [0.25, 0.3) is 0 Å². The van der Waals surface area contributed by atoms with E-state index in [-0.39, 0.29) is 6.61 Å². The molecule has 17 heavy (non-hydrogen) atoms. The molecule has 0 saturated heterocycles. The second kappa shape index (κ2) is 8.83. The van der Waals surface area contributed by atoms with Crippen LogP contribution in [-0.4, -0.2) is 68.7 Å². The molecule has 5 nitrogen and oxygen atoms in total. The Morgan fingerprint density at radius 3 is 2.06 bits per heavy atom. The van der Waals surface area contributed by atoms with Gasteiger partial charge >= 0.3 is 0 Å². The Bertz CT molecular complexity index is 181. The number of aliphatic hydroxyl groups is 1. The van der Waals surface area contributed by atoms with Gasteiger partial charge in [-0.2, -0.15) is 0 Å². The summed E-state index contributed by atoms with van der Waals surface area (Å²) in [5.41, 5.74) is 5.44. The second-order valence-corrected chi connectivity index (χ2v) is 4.89. The van der Waals surface area contributed by atoms with Crippen LogP contribution >= 0.6 is 0 Å². The van der Waals surface area contributed by atoms with Gasteiger partial charge in [-0.25, -0.2) is 0 Å². The van der Waals surface area contributed by atoms with E-state index in [2.05, 4.69) is 11.8 Å². The third-order valence-corrected chi connectivity index (χ3v) is 2.91. The summed E-state index contributed by atoms with van der Waals surface area (Å²) in [6.45, 7) is 7.06. The molecule has 0 fully saturated rings. The standard InChI is InChI=1S/C12H28N2O3/c1-11(9-12(2,13)10-15)14(5-7-16-3)6-8-17-4/h11,15H,5-10,13H2,1-4H3. The zero-order valence-corrected chi connectivity index (χ0v) is 11.6. The molecule has 0 bridgehead atoms. The van der Waals surface area contributed by atoms with Crippen LogP contribution < -0.4 is 5.73 Å². The van der Waals surface area contributed by atoms with Crippen LogP contribution in [0.4, 0.5) is 0 Å². The van der Waals surface area contributed by atoms with Crippen LogP contribution in [0.5, 0.6) is 0 Å². The molecule has 0 aromatic carbocycles. The van der Waals surface area contributed by atoms with Crippen molar-refractivity contribution in [3.8, 4) is 0 Å². The fraction of sp³-hybridized carbons (Fsp3) is 1.00. The third-order valence-electron chi connectivity index (χ3n) is 2.91. The van der Waals surface area contributed by atoms with Crippen molar-refractivity contribution in [3.05, 3.63) is 0 Å². The van der Waals surface area contributed by atoms with E-state index in [1.807, 2.05) is 6.92 Å². The van der Waals surface area contributed by atoms with E-state index in [0.29, 0.717) is 19.3 Å². The highest BCUT2D eigenvalue weighted by Crippen LogP contribution is 2.13. The van der Waals surface area contributed by atoms with Gasteiger partial charge in [0.1, 0.15) is 0 Å². The summed E-state index contributed by atoms with van der Waals surface area (Å²) in [5.74, 6) is 0. The minimum Gasteiger partial charge on any atom is -0.394 e. The maximum Gasteiger partial charge on any atom is 0.0609 e. The van der Waals surface area contributed by atoms with Crippen molar-refractivity contribution >= 4 is 0 Å². The first-order valence-electron chi connectivity index (χ1n) is 6.08. The Balaban J connectivity index is 4.24. The summed E-state index contributed by atoms with van der Waals surface area (Å²) >= 11 is 0. The van der Waals surface area contributed by atoms with Crippen molar-refractivity contribution < 1.29 is 14.6 Å². The third kappa shape index (κ3) is 7.68. The molecule has 104 valence electrons. The minimum atomic E-state index is -0.530. The lowest BCUT2D eigenvalue weighted by Gasteiger charge is -2.33. The van der Waals surface area contributed by atoms with Gasteiger partial charge in [-0.15, -0.1) is 0 Å². The molecule has 0 aromatic heterocycles. The van der Waals surface area contributed by atoms with Gasteiger partial charge in [0.05, 0.1) is 19.8 Å². The molecule has 0 rings (SSSR count). The van der Waals surface area contributed by atoms with E-state index < -0.39 is 5.54 Å². The zero-order valence-electron chi connectivity index (χ0n) is 11.6. The van der Waals surface area contributed by atoms with Crippen LogP contribution in [-0.2, 0) is 9.47 Å². The normalized spacial score (nSPS) is 17.1. The summed E-state index contributed by atoms with van der Waals surface area (Å²) in [6.07, 6.45) is 0.747. The number of nitrogens with two attached hydrogens (primary N) is 1. The monoisotopic (exact) mass is 248 g/mol. The Morgan fingerprint density at radius 1 is 1.24 bits per heavy atom. The molecule has 0 aliphatic heterocycles. The van der Waals surface area contributed by atoms with Crippen molar-refractivity contribution in [2.24, 2.45) is 5.73 Å². The number of rotatable bonds is 10. The lowest BCUT2D eigenvalue weighted by atomic mass is 9.95. The first-order chi connectivity index (χ1) is 7.96. The van der Waals surface area contributed by atoms with Gasteiger partial charge in [0, 0.05) is 38.9 Å². The molecule has 2 unspecified atom stereocenters. The first-order valence-corrected chi connectivity index (χ1v) is 6.08. The molecule has 0 saturated carbocycles. The molecule has 5 heteroatoms. The largest absolute Gasteiger partial charge is 0.394 e. The van der Waals surface area contributed by atoms with E-state index >= 15 is 0 Å². The molecule has 0 aromatic rings. The minimum absolute atomic E-state index is 0.000262. The quantitative estimate of drug-likeness (QED) is 0.572. The van der Waals surface area contributed by atoms with Crippen LogP contribution in [0.15, 0.2) is 0 Å². The number of hydrogen-bond acceptors (Lipinski definition) is 5. The summed E-state index contributed by atoms with van der Waals surface area (Å²) in [6, 6.07) is 0.294. The van der Waals surface area contributed by atoms with Crippen LogP contribution in [0.3, 0.4) is 0 Å². The molecule has 0 spiro atoms. The molecular formula is C12H28N2O3. The predicted octanol–water partition coefficient (Wildman–Crippen LogP) is 0.0695. The molecule has 2 atom stereocenters. The Morgan fingerprint density at radius 2 is 1.71 bits per heavy atom. The van der Waals surface area contributed by atoms with Crippen LogP contribution in [0.2, 0.25) is 0 Å². The highest BCUT2D eigenvalue weighted by Gasteiger charge is 2.24. The molecular weight excluding hydrogens is 220 g/mol. The number of aliphatic hydroxyl groups excluding tert-OH is 1. The van der Waals surface area contributed by atoms with E-state index in [0.717, 1.165) is 19.5 Å². The Hall–Kier alpha value is -0.200. The maximum atomic E-state index is 9.18. The van der Waals surface area contributed by atoms with Crippen molar-refractivity contribution in [3.63, 3.8) is 0 Å². The lowest BCUT2D eigenvalue weighted by Crippen LogP contribution is -2.48. The van der Waals surface area contributed by atoms with E-state index in [4.69, 9.17) is 15.2 Å². The maximum absolute atomic E-state index is 9.18. The van der Waals surface area contributed by atoms with Crippen molar-refractivity contribution in [1.29, 1.82) is 0 Å². The summed E-state index contributed by atoms with van der Waals surface area (Å²) in [7, 11) is 3.39. The molecule has 0 amide bonds. The topological polar surface area (TPSA) is 68.0 Å². The smallest absolute Gasteiger partial charge is 0.0609 e. The van der Waals surface area contributed by atoms with Gasteiger partial charge in [0.2, 0.25) is 0 Å². The Labute approximate surface area is 105 Å². The number of hydrogen-bond donors (Lipinski definition) is 2. The molecule has 0 heterocycles. The molecule has 3 N–H and O–H groups in total. The fourth-order valence-electron chi connectivity index (χ4n) is 1.84. The van der Waals surface area contributed by atoms with Gasteiger partial charge in [0.15, 0.2) is 0 Å². The van der Waals surface area contributed by atoms with Crippen molar-refractivity contribution in [2.45, 2.75) is 31.8 Å². The zero-order chi connectivity index (χ0) is 13.3. The van der Waals surface area contributed by atoms with Crippen LogP contribution in [0, 0.1) is 0 Å². The summed E-state index contributed by atoms with van der Waals surface area (Å²) in [5, 5.41) is 9.18. The average molecular weight is 248 g/mol. The number of methoxy groups -OCH3 is 2. The van der Waals surface area contributed by atoms with Gasteiger partial charge in [-0.1, -0.05) is 0 Å². The SMILES string of the molecule is COCCN(CCOC)C(C)CC(C)(N)CO. The van der Waals surface area contributed by atoms with Gasteiger partial charge in [-0.05, 0) is 20.3 Å². The van der Waals surface area contributed by atoms with E-state index in [1.54, 1.807) is 14.2 Å². The molecule has 0 aliphatic carbocycles. The highest BCUT2D eigenvalue weighted by molar-refractivity contribution is 4.83.